The third-order valence-corrected chi connectivity index (χ3v) is 2.25. The highest BCUT2D eigenvalue weighted by Crippen LogP contribution is 2.13. The minimum atomic E-state index is -0.404. The number of Topliss-reactive ketones (excluding diaryl/α,β-unsaturated/α-hetero) is 1. The highest BCUT2D eigenvalue weighted by atomic mass is 16.5. The fourth-order valence-corrected chi connectivity index (χ4v) is 1.36. The van der Waals surface area contributed by atoms with Gasteiger partial charge in [-0.15, -0.1) is 0 Å². The maximum Gasteiger partial charge on any atom is 0.306 e. The van der Waals surface area contributed by atoms with Crippen molar-refractivity contribution in [2.24, 2.45) is 0 Å². The van der Waals surface area contributed by atoms with Crippen molar-refractivity contribution in [3.8, 4) is 0 Å². The van der Waals surface area contributed by atoms with Crippen LogP contribution >= 0.6 is 0 Å². The van der Waals surface area contributed by atoms with E-state index in [-0.39, 0.29) is 30.2 Å². The Morgan fingerprint density at radius 2 is 2.00 bits per heavy atom. The molecule has 0 aliphatic rings. The molecule has 0 fully saturated rings. The number of hydrogen-bond donors (Lipinski definition) is 0. The van der Waals surface area contributed by atoms with Gasteiger partial charge in [0.05, 0.1) is 13.0 Å². The van der Waals surface area contributed by atoms with E-state index in [1.165, 1.54) is 25.1 Å². The molecule has 0 bridgehead atoms. The lowest BCUT2D eigenvalue weighted by atomic mass is 10.2. The first-order valence-corrected chi connectivity index (χ1v) is 6.00. The molecule has 0 aromatic carbocycles. The number of hydrogen-bond acceptors (Lipinski definition) is 5. The first kappa shape index (κ1) is 14.9. The van der Waals surface area contributed by atoms with E-state index >= 15 is 0 Å². The van der Waals surface area contributed by atoms with E-state index in [0.717, 1.165) is 0 Å². The number of ether oxygens (including phenoxy) is 1. The highest BCUT2D eigenvalue weighted by molar-refractivity contribution is 5.95. The van der Waals surface area contributed by atoms with Crippen LogP contribution in [0.4, 0.5) is 0 Å². The summed E-state index contributed by atoms with van der Waals surface area (Å²) in [7, 11) is 0. The average Bonchev–Trinajstić information content (AvgIpc) is 2.82. The standard InChI is InChI=1S/C14H16O5/c1-3-18-14(17)9-7-12(16)13-8-6-11(19-13)5-4-10(2)15/h4-6,8H,3,7,9H2,1-2H3/b5-4+. The zero-order valence-corrected chi connectivity index (χ0v) is 11.0. The molecule has 5 nitrogen and oxygen atoms in total. The summed E-state index contributed by atoms with van der Waals surface area (Å²) < 4.78 is 9.98. The van der Waals surface area contributed by atoms with Crippen LogP contribution in [0.5, 0.6) is 0 Å². The van der Waals surface area contributed by atoms with Crippen molar-refractivity contribution in [1.82, 2.24) is 0 Å². The number of carbonyl (C=O) groups is 3. The van der Waals surface area contributed by atoms with Crippen molar-refractivity contribution in [3.63, 3.8) is 0 Å². The van der Waals surface area contributed by atoms with Crippen LogP contribution in [0.1, 0.15) is 43.0 Å². The number of esters is 1. The molecule has 0 radical (unpaired) electrons. The quantitative estimate of drug-likeness (QED) is 0.429. The Kier molecular flexibility index (Phi) is 5.73. The number of allylic oxidation sites excluding steroid dienone is 1. The molecule has 1 rings (SSSR count). The fourth-order valence-electron chi connectivity index (χ4n) is 1.36. The highest BCUT2D eigenvalue weighted by Gasteiger charge is 2.13. The molecule has 0 aliphatic heterocycles. The SMILES string of the molecule is CCOC(=O)CCC(=O)c1ccc(/C=C/C(C)=O)o1. The zero-order chi connectivity index (χ0) is 14.3. The van der Waals surface area contributed by atoms with Crippen molar-refractivity contribution in [3.05, 3.63) is 29.7 Å². The molecule has 102 valence electrons. The third-order valence-electron chi connectivity index (χ3n) is 2.25. The minimum Gasteiger partial charge on any atom is -0.466 e. The Labute approximate surface area is 111 Å². The second kappa shape index (κ2) is 7.31. The molecule has 0 saturated heterocycles. The van der Waals surface area contributed by atoms with Crippen molar-refractivity contribution >= 4 is 23.6 Å². The minimum absolute atomic E-state index is 0.0337. The average molecular weight is 264 g/mol. The van der Waals surface area contributed by atoms with Crippen LogP contribution in [0, 0.1) is 0 Å². The molecule has 1 aromatic rings. The van der Waals surface area contributed by atoms with Gasteiger partial charge in [-0.05, 0) is 38.1 Å². The lowest BCUT2D eigenvalue weighted by molar-refractivity contribution is -0.143. The van der Waals surface area contributed by atoms with E-state index < -0.39 is 5.97 Å². The molecule has 1 heterocycles. The smallest absolute Gasteiger partial charge is 0.306 e. The Bertz CT molecular complexity index is 496. The van der Waals surface area contributed by atoms with E-state index in [2.05, 4.69) is 0 Å². The number of furan rings is 1. The number of ketones is 2. The third kappa shape index (κ3) is 5.33. The Hall–Kier alpha value is -2.17. The van der Waals surface area contributed by atoms with E-state index in [1.807, 2.05) is 0 Å². The molecule has 0 saturated carbocycles. The van der Waals surface area contributed by atoms with Gasteiger partial charge in [-0.1, -0.05) is 0 Å². The summed E-state index contributed by atoms with van der Waals surface area (Å²) in [5.74, 6) is -0.177. The Morgan fingerprint density at radius 1 is 1.26 bits per heavy atom. The lowest BCUT2D eigenvalue weighted by Crippen LogP contribution is -2.07. The Balaban J connectivity index is 2.54. The zero-order valence-electron chi connectivity index (χ0n) is 11.0. The first-order valence-electron chi connectivity index (χ1n) is 6.00. The van der Waals surface area contributed by atoms with Crippen molar-refractivity contribution in [1.29, 1.82) is 0 Å². The predicted molar refractivity (Wildman–Crippen MR) is 68.6 cm³/mol. The normalized spacial score (nSPS) is 10.6. The van der Waals surface area contributed by atoms with Crippen LogP contribution in [0.15, 0.2) is 22.6 Å². The summed E-state index contributed by atoms with van der Waals surface area (Å²) in [6, 6.07) is 3.12. The van der Waals surface area contributed by atoms with E-state index in [4.69, 9.17) is 9.15 Å². The van der Waals surface area contributed by atoms with Crippen molar-refractivity contribution in [2.75, 3.05) is 6.61 Å². The van der Waals surface area contributed by atoms with Crippen LogP contribution in [-0.2, 0) is 14.3 Å². The summed E-state index contributed by atoms with van der Waals surface area (Å²) in [6.45, 7) is 3.43. The maximum atomic E-state index is 11.7. The summed E-state index contributed by atoms with van der Waals surface area (Å²) in [5.41, 5.74) is 0. The van der Waals surface area contributed by atoms with Crippen LogP contribution < -0.4 is 0 Å². The molecule has 0 N–H and O–H groups in total. The summed E-state index contributed by atoms with van der Waals surface area (Å²) in [5, 5.41) is 0. The fraction of sp³-hybridized carbons (Fsp3) is 0.357. The second-order valence-electron chi connectivity index (χ2n) is 3.87. The number of rotatable bonds is 7. The largest absolute Gasteiger partial charge is 0.466 e. The Morgan fingerprint density at radius 3 is 2.63 bits per heavy atom. The predicted octanol–water partition coefficient (Wildman–Crippen LogP) is 2.41. The molecule has 5 heteroatoms. The van der Waals surface area contributed by atoms with Crippen LogP contribution in [0.3, 0.4) is 0 Å². The van der Waals surface area contributed by atoms with Gasteiger partial charge >= 0.3 is 5.97 Å². The van der Waals surface area contributed by atoms with Gasteiger partial charge in [0.15, 0.2) is 17.3 Å². The lowest BCUT2D eigenvalue weighted by Gasteiger charge is -1.99. The molecular weight excluding hydrogens is 248 g/mol. The molecule has 1 aromatic heterocycles. The van der Waals surface area contributed by atoms with Crippen LogP contribution in [-0.4, -0.2) is 24.1 Å². The molecule has 0 spiro atoms. The summed E-state index contributed by atoms with van der Waals surface area (Å²) in [6.07, 6.45) is 2.92. The van der Waals surface area contributed by atoms with Crippen molar-refractivity contribution in [2.45, 2.75) is 26.7 Å². The van der Waals surface area contributed by atoms with Gasteiger partial charge in [-0.3, -0.25) is 14.4 Å². The van der Waals surface area contributed by atoms with Gasteiger partial charge in [-0.25, -0.2) is 0 Å². The summed E-state index contributed by atoms with van der Waals surface area (Å²) in [4.78, 5) is 33.6. The molecule has 0 unspecified atom stereocenters. The van der Waals surface area contributed by atoms with Crippen LogP contribution in [0.25, 0.3) is 6.08 Å². The molecular formula is C14H16O5. The van der Waals surface area contributed by atoms with Gasteiger partial charge in [0.25, 0.3) is 0 Å². The molecule has 0 atom stereocenters. The van der Waals surface area contributed by atoms with Crippen LogP contribution in [0.2, 0.25) is 0 Å². The molecule has 0 amide bonds. The summed E-state index contributed by atoms with van der Waals surface area (Å²) >= 11 is 0. The van der Waals surface area contributed by atoms with Crippen molar-refractivity contribution < 1.29 is 23.5 Å². The van der Waals surface area contributed by atoms with E-state index in [1.54, 1.807) is 13.0 Å². The second-order valence-corrected chi connectivity index (χ2v) is 3.87. The monoisotopic (exact) mass is 264 g/mol. The number of carbonyl (C=O) groups excluding carboxylic acids is 3. The van der Waals surface area contributed by atoms with Gasteiger partial charge in [0.1, 0.15) is 5.76 Å². The van der Waals surface area contributed by atoms with E-state index in [0.29, 0.717) is 12.4 Å². The van der Waals surface area contributed by atoms with Gasteiger partial charge in [-0.2, -0.15) is 0 Å². The first-order chi connectivity index (χ1) is 9.02. The van der Waals surface area contributed by atoms with Gasteiger partial charge in [0, 0.05) is 6.42 Å². The van der Waals surface area contributed by atoms with E-state index in [9.17, 15) is 14.4 Å². The maximum absolute atomic E-state index is 11.7. The topological polar surface area (TPSA) is 73.6 Å². The van der Waals surface area contributed by atoms with Gasteiger partial charge in [0.2, 0.25) is 0 Å². The molecule has 19 heavy (non-hydrogen) atoms. The van der Waals surface area contributed by atoms with Gasteiger partial charge < -0.3 is 9.15 Å². The molecule has 0 aliphatic carbocycles.